The molecule has 2 aromatic heterocycles. The van der Waals surface area contributed by atoms with E-state index in [2.05, 4.69) is 20.5 Å². The number of benzene rings is 1. The van der Waals surface area contributed by atoms with Gasteiger partial charge in [-0.1, -0.05) is 29.8 Å². The minimum Gasteiger partial charge on any atom is -0.475 e. The van der Waals surface area contributed by atoms with Crippen molar-refractivity contribution < 1.29 is 14.5 Å². The van der Waals surface area contributed by atoms with Gasteiger partial charge in [0.05, 0.1) is 18.6 Å². The van der Waals surface area contributed by atoms with Crippen LogP contribution in [0, 0.1) is 10.1 Å². The molecule has 0 saturated carbocycles. The van der Waals surface area contributed by atoms with Crippen LogP contribution in [0.4, 0.5) is 11.6 Å². The van der Waals surface area contributed by atoms with Crippen molar-refractivity contribution >= 4 is 29.1 Å². The second-order valence-corrected chi connectivity index (χ2v) is 6.19. The largest absolute Gasteiger partial charge is 0.475 e. The first-order valence-corrected chi connectivity index (χ1v) is 8.48. The molecule has 1 atom stereocenters. The van der Waals surface area contributed by atoms with E-state index >= 15 is 0 Å². The first-order chi connectivity index (χ1) is 13.4. The number of nitrogens with one attached hydrogen (secondary N) is 1. The number of anilines is 1. The van der Waals surface area contributed by atoms with Crippen LogP contribution in [-0.4, -0.2) is 42.5 Å². The number of methoxy groups -OCH3 is 1. The molecule has 12 heteroatoms. The van der Waals surface area contributed by atoms with E-state index in [4.69, 9.17) is 16.3 Å². The fourth-order valence-corrected chi connectivity index (χ4v) is 2.59. The Morgan fingerprint density at radius 1 is 1.39 bits per heavy atom. The SMILES string of the molecule is COc1nn(C(C)C(=O)Nc2ncn(Cc3ccccc3Cl)n2)cc1[N+](=O)[O-]. The summed E-state index contributed by atoms with van der Waals surface area (Å²) in [6.45, 7) is 1.92. The van der Waals surface area contributed by atoms with Crippen LogP contribution in [0.5, 0.6) is 5.88 Å². The van der Waals surface area contributed by atoms with Crippen molar-refractivity contribution in [2.24, 2.45) is 0 Å². The van der Waals surface area contributed by atoms with Gasteiger partial charge >= 0.3 is 11.6 Å². The van der Waals surface area contributed by atoms with E-state index < -0.39 is 16.9 Å². The van der Waals surface area contributed by atoms with Crippen molar-refractivity contribution in [3.8, 4) is 5.88 Å². The molecule has 0 saturated heterocycles. The fourth-order valence-electron chi connectivity index (χ4n) is 2.40. The third-order valence-corrected chi connectivity index (χ3v) is 4.28. The lowest BCUT2D eigenvalue weighted by Gasteiger charge is -2.10. The van der Waals surface area contributed by atoms with E-state index in [0.717, 1.165) is 16.4 Å². The Kier molecular flexibility index (Phi) is 5.54. The Morgan fingerprint density at radius 3 is 2.79 bits per heavy atom. The Bertz CT molecular complexity index is 1020. The average molecular weight is 406 g/mol. The third kappa shape index (κ3) is 4.09. The normalized spacial score (nSPS) is 11.8. The van der Waals surface area contributed by atoms with Gasteiger partial charge in [0.2, 0.25) is 5.95 Å². The van der Waals surface area contributed by atoms with Crippen molar-refractivity contribution in [2.45, 2.75) is 19.5 Å². The Hall–Kier alpha value is -3.47. The van der Waals surface area contributed by atoms with Crippen LogP contribution in [0.15, 0.2) is 36.8 Å². The van der Waals surface area contributed by atoms with E-state index in [1.54, 1.807) is 6.07 Å². The first kappa shape index (κ1) is 19.3. The minimum absolute atomic E-state index is 0.0949. The number of nitrogens with zero attached hydrogens (tertiary/aromatic N) is 6. The number of rotatable bonds is 7. The first-order valence-electron chi connectivity index (χ1n) is 8.10. The van der Waals surface area contributed by atoms with Gasteiger partial charge < -0.3 is 4.74 Å². The van der Waals surface area contributed by atoms with Gasteiger partial charge in [-0.2, -0.15) is 0 Å². The minimum atomic E-state index is -0.849. The maximum Gasteiger partial charge on any atom is 0.350 e. The van der Waals surface area contributed by atoms with Gasteiger partial charge in [0.25, 0.3) is 5.91 Å². The van der Waals surface area contributed by atoms with Crippen LogP contribution in [-0.2, 0) is 11.3 Å². The van der Waals surface area contributed by atoms with Crippen molar-refractivity contribution in [1.29, 1.82) is 0 Å². The molecule has 28 heavy (non-hydrogen) atoms. The molecule has 3 aromatic rings. The van der Waals surface area contributed by atoms with Gasteiger partial charge in [-0.25, -0.2) is 14.3 Å². The van der Waals surface area contributed by atoms with Gasteiger partial charge in [0.1, 0.15) is 18.6 Å². The molecule has 1 N–H and O–H groups in total. The predicted molar refractivity (Wildman–Crippen MR) is 99.4 cm³/mol. The standard InChI is InChI=1S/C16H16ClN7O4/c1-10(23-8-13(24(26)27)15(20-23)28-2)14(25)19-16-18-9-22(21-16)7-11-5-3-4-6-12(11)17/h3-6,8-10H,7H2,1-2H3,(H,19,21,25). The van der Waals surface area contributed by atoms with Gasteiger partial charge in [0.15, 0.2) is 0 Å². The highest BCUT2D eigenvalue weighted by molar-refractivity contribution is 6.31. The maximum atomic E-state index is 12.4. The monoisotopic (exact) mass is 405 g/mol. The molecular weight excluding hydrogens is 390 g/mol. The average Bonchev–Trinajstić information content (AvgIpc) is 3.29. The number of carbonyl (C=O) groups excluding carboxylic acids is 1. The molecule has 0 spiro atoms. The van der Waals surface area contributed by atoms with Crippen molar-refractivity contribution in [3.05, 3.63) is 57.5 Å². The molecule has 1 unspecified atom stereocenters. The van der Waals surface area contributed by atoms with Crippen LogP contribution in [0.2, 0.25) is 5.02 Å². The second kappa shape index (κ2) is 8.05. The zero-order valence-electron chi connectivity index (χ0n) is 14.9. The molecule has 0 aliphatic heterocycles. The molecule has 0 fully saturated rings. The highest BCUT2D eigenvalue weighted by Crippen LogP contribution is 2.26. The topological polar surface area (TPSA) is 130 Å². The summed E-state index contributed by atoms with van der Waals surface area (Å²) in [4.78, 5) is 26.8. The lowest BCUT2D eigenvalue weighted by molar-refractivity contribution is -0.385. The fraction of sp³-hybridized carbons (Fsp3) is 0.250. The number of hydrogen-bond donors (Lipinski definition) is 1. The lowest BCUT2D eigenvalue weighted by Crippen LogP contribution is -2.24. The molecule has 2 heterocycles. The van der Waals surface area contributed by atoms with Gasteiger partial charge in [-0.05, 0) is 18.6 Å². The molecule has 0 aliphatic carbocycles. The molecular formula is C16H16ClN7O4. The summed E-state index contributed by atoms with van der Waals surface area (Å²) >= 11 is 6.12. The molecule has 0 radical (unpaired) electrons. The quantitative estimate of drug-likeness (QED) is 0.471. The number of hydrogen-bond acceptors (Lipinski definition) is 7. The van der Waals surface area contributed by atoms with Crippen LogP contribution in [0.25, 0.3) is 0 Å². The summed E-state index contributed by atoms with van der Waals surface area (Å²) in [7, 11) is 1.26. The molecule has 0 aliphatic rings. The number of amides is 1. The number of carbonyl (C=O) groups is 1. The van der Waals surface area contributed by atoms with Gasteiger partial charge in [0, 0.05) is 5.02 Å². The van der Waals surface area contributed by atoms with Gasteiger partial charge in [-0.3, -0.25) is 20.2 Å². The maximum absolute atomic E-state index is 12.4. The van der Waals surface area contributed by atoms with Crippen molar-refractivity contribution in [3.63, 3.8) is 0 Å². The molecule has 0 bridgehead atoms. The summed E-state index contributed by atoms with van der Waals surface area (Å²) in [6, 6.07) is 6.48. The van der Waals surface area contributed by atoms with Crippen molar-refractivity contribution in [1.82, 2.24) is 24.5 Å². The summed E-state index contributed by atoms with van der Waals surface area (Å²) < 4.78 is 7.54. The second-order valence-electron chi connectivity index (χ2n) is 5.78. The van der Waals surface area contributed by atoms with Crippen LogP contribution < -0.4 is 10.1 Å². The summed E-state index contributed by atoms with van der Waals surface area (Å²) in [5, 5.41) is 22.2. The highest BCUT2D eigenvalue weighted by atomic mass is 35.5. The van der Waals surface area contributed by atoms with E-state index in [1.807, 2.05) is 18.2 Å². The smallest absolute Gasteiger partial charge is 0.350 e. The predicted octanol–water partition coefficient (Wildman–Crippen LogP) is 2.29. The molecule has 1 amide bonds. The molecule has 1 aromatic carbocycles. The Balaban J connectivity index is 1.69. The number of ether oxygens (including phenoxy) is 1. The Morgan fingerprint density at radius 2 is 2.14 bits per heavy atom. The number of aromatic nitrogens is 5. The molecule has 11 nitrogen and oxygen atoms in total. The van der Waals surface area contributed by atoms with Crippen LogP contribution in [0.3, 0.4) is 0 Å². The van der Waals surface area contributed by atoms with Crippen molar-refractivity contribution in [2.75, 3.05) is 12.4 Å². The van der Waals surface area contributed by atoms with E-state index in [1.165, 1.54) is 25.0 Å². The number of nitro groups is 1. The Labute approximate surface area is 164 Å². The lowest BCUT2D eigenvalue weighted by atomic mass is 10.2. The summed E-state index contributed by atoms with van der Waals surface area (Å²) in [5.41, 5.74) is 0.528. The van der Waals surface area contributed by atoms with E-state index in [0.29, 0.717) is 11.6 Å². The summed E-state index contributed by atoms with van der Waals surface area (Å²) in [5.74, 6) is -0.570. The zero-order chi connectivity index (χ0) is 20.3. The van der Waals surface area contributed by atoms with E-state index in [-0.39, 0.29) is 17.5 Å². The zero-order valence-corrected chi connectivity index (χ0v) is 15.7. The van der Waals surface area contributed by atoms with Crippen LogP contribution >= 0.6 is 11.6 Å². The summed E-state index contributed by atoms with van der Waals surface area (Å²) in [6.07, 6.45) is 2.60. The van der Waals surface area contributed by atoms with Crippen LogP contribution in [0.1, 0.15) is 18.5 Å². The highest BCUT2D eigenvalue weighted by Gasteiger charge is 2.25. The van der Waals surface area contributed by atoms with E-state index in [9.17, 15) is 14.9 Å². The van der Waals surface area contributed by atoms with Gasteiger partial charge in [-0.15, -0.1) is 10.2 Å². The third-order valence-electron chi connectivity index (χ3n) is 3.91. The molecule has 3 rings (SSSR count). The number of halogens is 1. The molecule has 146 valence electrons.